The maximum atomic E-state index is 11.4. The van der Waals surface area contributed by atoms with E-state index in [0.717, 1.165) is 0 Å². The van der Waals surface area contributed by atoms with Crippen molar-refractivity contribution in [1.29, 1.82) is 0 Å². The summed E-state index contributed by atoms with van der Waals surface area (Å²) in [6.07, 6.45) is -0.370. The van der Waals surface area contributed by atoms with Gasteiger partial charge < -0.3 is 14.9 Å². The van der Waals surface area contributed by atoms with Crippen molar-refractivity contribution in [3.8, 4) is 0 Å². The number of hydrogen-bond acceptors (Lipinski definition) is 6. The lowest BCUT2D eigenvalue weighted by Gasteiger charge is -2.06. The van der Waals surface area contributed by atoms with Crippen LogP contribution in [0.25, 0.3) is 0 Å². The van der Waals surface area contributed by atoms with Crippen LogP contribution in [0.15, 0.2) is 5.16 Å². The predicted molar refractivity (Wildman–Crippen MR) is 62.3 cm³/mol. The lowest BCUT2D eigenvalue weighted by molar-refractivity contribution is -0.137. The third kappa shape index (κ3) is 3.69. The second-order valence-corrected chi connectivity index (χ2v) is 3.66. The number of amides is 1. The highest BCUT2D eigenvalue weighted by Gasteiger charge is 2.28. The van der Waals surface area contributed by atoms with Crippen molar-refractivity contribution in [3.63, 3.8) is 0 Å². The molecule has 0 aromatic rings. The van der Waals surface area contributed by atoms with Gasteiger partial charge in [0.1, 0.15) is 0 Å². The van der Waals surface area contributed by atoms with Crippen LogP contribution in [0.4, 0.5) is 0 Å². The summed E-state index contributed by atoms with van der Waals surface area (Å²) < 4.78 is 4.64. The number of rotatable bonds is 6. The summed E-state index contributed by atoms with van der Waals surface area (Å²) in [6, 6.07) is 0. The van der Waals surface area contributed by atoms with Crippen LogP contribution in [0.3, 0.4) is 0 Å². The van der Waals surface area contributed by atoms with Gasteiger partial charge in [0, 0.05) is 13.0 Å². The van der Waals surface area contributed by atoms with Gasteiger partial charge in [-0.3, -0.25) is 9.59 Å². The van der Waals surface area contributed by atoms with Crippen LogP contribution in [-0.2, 0) is 24.0 Å². The highest BCUT2D eigenvalue weighted by atomic mass is 35.5. The van der Waals surface area contributed by atoms with Gasteiger partial charge in [-0.15, -0.1) is 11.6 Å². The summed E-state index contributed by atoms with van der Waals surface area (Å²) in [6.45, 7) is 2.15. The van der Waals surface area contributed by atoms with Crippen molar-refractivity contribution < 1.29 is 24.0 Å². The number of alkyl halides is 1. The topological polar surface area (TPSA) is 94.1 Å². The number of esters is 1. The Balaban J connectivity index is 2.72. The van der Waals surface area contributed by atoms with E-state index in [1.54, 1.807) is 6.92 Å². The van der Waals surface area contributed by atoms with Gasteiger partial charge in [-0.2, -0.15) is 0 Å². The molecule has 0 spiro atoms. The highest BCUT2D eigenvalue weighted by Crippen LogP contribution is 2.06. The summed E-state index contributed by atoms with van der Waals surface area (Å²) in [4.78, 5) is 38.8. The minimum absolute atomic E-state index is 0.0946. The van der Waals surface area contributed by atoms with Gasteiger partial charge in [-0.05, 0) is 6.92 Å². The lowest BCUT2D eigenvalue weighted by Crippen LogP contribution is -2.30. The van der Waals surface area contributed by atoms with Gasteiger partial charge in [-0.25, -0.2) is 4.79 Å². The van der Waals surface area contributed by atoms with Gasteiger partial charge in [0.15, 0.2) is 0 Å². The summed E-state index contributed by atoms with van der Waals surface area (Å²) >= 11 is 5.34. The number of ketones is 1. The van der Waals surface area contributed by atoms with E-state index in [-0.39, 0.29) is 12.5 Å². The van der Waals surface area contributed by atoms with E-state index < -0.39 is 29.4 Å². The summed E-state index contributed by atoms with van der Waals surface area (Å²) in [5, 5.41) is 5.92. The molecule has 8 heteroatoms. The molecular weight excluding hydrogens is 264 g/mol. The van der Waals surface area contributed by atoms with Crippen LogP contribution >= 0.6 is 11.6 Å². The van der Waals surface area contributed by atoms with Crippen molar-refractivity contribution in [1.82, 2.24) is 5.32 Å². The fourth-order valence-corrected chi connectivity index (χ4v) is 1.38. The van der Waals surface area contributed by atoms with Crippen LogP contribution in [-0.4, -0.2) is 48.5 Å². The van der Waals surface area contributed by atoms with Crippen molar-refractivity contribution in [2.24, 2.45) is 5.16 Å². The third-order valence-corrected chi connectivity index (χ3v) is 2.37. The van der Waals surface area contributed by atoms with Crippen LogP contribution in [0.5, 0.6) is 0 Å². The molecule has 0 aromatic heterocycles. The molecule has 18 heavy (non-hydrogen) atoms. The van der Waals surface area contributed by atoms with Gasteiger partial charge >= 0.3 is 5.97 Å². The Bertz CT molecular complexity index is 382. The first-order valence-electron chi connectivity index (χ1n) is 5.38. The third-order valence-electron chi connectivity index (χ3n) is 2.12. The number of nitrogens with one attached hydrogen (secondary N) is 1. The Kier molecular flexibility index (Phi) is 5.57. The predicted octanol–water partition coefficient (Wildman–Crippen LogP) is -0.381. The van der Waals surface area contributed by atoms with Crippen molar-refractivity contribution in [3.05, 3.63) is 0 Å². The number of nitrogens with zero attached hydrogens (tertiary/aromatic N) is 1. The van der Waals surface area contributed by atoms with Crippen LogP contribution < -0.4 is 5.32 Å². The molecule has 0 unspecified atom stereocenters. The molecule has 0 aliphatic carbocycles. The lowest BCUT2D eigenvalue weighted by atomic mass is 10.3. The van der Waals surface area contributed by atoms with Crippen molar-refractivity contribution >= 4 is 35.0 Å². The van der Waals surface area contributed by atoms with E-state index >= 15 is 0 Å². The first-order valence-corrected chi connectivity index (χ1v) is 5.91. The zero-order chi connectivity index (χ0) is 13.5. The summed E-state index contributed by atoms with van der Waals surface area (Å²) in [5.74, 6) is -2.38. The fraction of sp³-hybridized carbons (Fsp3) is 0.600. The van der Waals surface area contributed by atoms with Gasteiger partial charge in [-0.1, -0.05) is 5.16 Å². The Morgan fingerprint density at radius 1 is 1.56 bits per heavy atom. The van der Waals surface area contributed by atoms with E-state index in [4.69, 9.17) is 16.4 Å². The molecule has 0 bridgehead atoms. The number of carbonyl (C=O) groups excluding carboxylic acids is 3. The van der Waals surface area contributed by atoms with E-state index in [9.17, 15) is 14.4 Å². The second-order valence-electron chi connectivity index (χ2n) is 3.39. The zero-order valence-electron chi connectivity index (χ0n) is 9.77. The van der Waals surface area contributed by atoms with E-state index in [1.165, 1.54) is 0 Å². The number of oxime groups is 1. The molecule has 1 aliphatic heterocycles. The minimum Gasteiger partial charge on any atom is -0.461 e. The smallest absolute Gasteiger partial charge is 0.364 e. The molecule has 1 atom stereocenters. The van der Waals surface area contributed by atoms with Crippen molar-refractivity contribution in [2.45, 2.75) is 19.4 Å². The van der Waals surface area contributed by atoms with Gasteiger partial charge in [0.2, 0.25) is 17.6 Å². The number of Topliss-reactive ketones (excluding diaryl/α,β-unsaturated/α-hetero) is 1. The number of ether oxygens (including phenoxy) is 1. The molecule has 7 nitrogen and oxygen atoms in total. The van der Waals surface area contributed by atoms with E-state index in [0.29, 0.717) is 13.0 Å². The Morgan fingerprint density at radius 2 is 2.28 bits per heavy atom. The molecule has 1 rings (SSSR count). The van der Waals surface area contributed by atoms with Crippen molar-refractivity contribution in [2.75, 3.05) is 19.0 Å². The molecule has 0 aromatic carbocycles. The monoisotopic (exact) mass is 276 g/mol. The molecule has 1 amide bonds. The normalized spacial score (nSPS) is 19.3. The SMILES string of the molecule is CCOC(=O)/C(=N\O[C@H]1CCNC1=O)C(=O)CCl. The van der Waals surface area contributed by atoms with Gasteiger partial charge in [0.05, 0.1) is 12.5 Å². The molecular formula is C10H13ClN2O5. The average molecular weight is 277 g/mol. The number of halogens is 1. The molecule has 1 N–H and O–H groups in total. The molecule has 100 valence electrons. The van der Waals surface area contributed by atoms with Crippen LogP contribution in [0.2, 0.25) is 0 Å². The zero-order valence-corrected chi connectivity index (χ0v) is 10.5. The first kappa shape index (κ1) is 14.4. The molecule has 0 radical (unpaired) electrons. The number of carbonyl (C=O) groups is 3. The maximum absolute atomic E-state index is 11.4. The summed E-state index contributed by atoms with van der Waals surface area (Å²) in [7, 11) is 0. The molecule has 1 heterocycles. The second kappa shape index (κ2) is 6.95. The first-order chi connectivity index (χ1) is 8.60. The van der Waals surface area contributed by atoms with E-state index in [2.05, 4.69) is 15.2 Å². The standard InChI is InChI=1S/C10H13ClN2O5/c1-2-17-10(16)8(6(14)5-11)13-18-7-3-4-12-9(7)15/h7H,2-5H2,1H3,(H,12,15)/b13-8-/t7-/m0/s1. The van der Waals surface area contributed by atoms with Crippen LogP contribution in [0, 0.1) is 0 Å². The average Bonchev–Trinajstić information content (AvgIpc) is 2.75. The largest absolute Gasteiger partial charge is 0.461 e. The fourth-order valence-electron chi connectivity index (χ4n) is 1.25. The Labute approximate surface area is 108 Å². The Hall–Kier alpha value is -1.63. The molecule has 1 aliphatic rings. The quantitative estimate of drug-likeness (QED) is 0.235. The summed E-state index contributed by atoms with van der Waals surface area (Å²) in [5.41, 5.74) is -0.536. The molecule has 1 saturated heterocycles. The molecule has 1 fully saturated rings. The minimum atomic E-state index is -0.915. The van der Waals surface area contributed by atoms with Gasteiger partial charge in [0.25, 0.3) is 5.91 Å². The maximum Gasteiger partial charge on any atom is 0.364 e. The molecule has 0 saturated carbocycles. The highest BCUT2D eigenvalue weighted by molar-refractivity contribution is 6.67. The number of hydrogen-bond donors (Lipinski definition) is 1. The van der Waals surface area contributed by atoms with Crippen LogP contribution in [0.1, 0.15) is 13.3 Å². The Morgan fingerprint density at radius 3 is 2.78 bits per heavy atom. The van der Waals surface area contributed by atoms with E-state index in [1.807, 2.05) is 0 Å².